The van der Waals surface area contributed by atoms with Crippen LogP contribution >= 0.6 is 11.6 Å². The van der Waals surface area contributed by atoms with Gasteiger partial charge in [-0.15, -0.1) is 11.6 Å². The van der Waals surface area contributed by atoms with Crippen LogP contribution in [0.4, 0.5) is 0 Å². The van der Waals surface area contributed by atoms with E-state index in [1.165, 1.54) is 24.3 Å². The molecule has 0 amide bonds. The molecular weight excluding hydrogens is 648 g/mol. The third kappa shape index (κ3) is 13.9. The van der Waals surface area contributed by atoms with Gasteiger partial charge in [-0.1, -0.05) is 66.7 Å². The normalized spacial score (nSPS) is 9.96. The Morgan fingerprint density at radius 3 is 1.73 bits per heavy atom. The first-order valence-electron chi connectivity index (χ1n) is 15.5. The number of carbonyl (C=O) groups is 2. The molecule has 1 heterocycles. The van der Waals surface area contributed by atoms with Crippen LogP contribution in [0.5, 0.6) is 23.0 Å². The molecule has 260 valence electrons. The lowest BCUT2D eigenvalue weighted by Gasteiger charge is -2.06. The molecule has 0 fully saturated rings. The molecule has 0 saturated carbocycles. The van der Waals surface area contributed by atoms with Gasteiger partial charge in [-0.2, -0.15) is 0 Å². The maximum Gasteiger partial charge on any atom is 0.177 e. The van der Waals surface area contributed by atoms with E-state index in [1.54, 1.807) is 12.1 Å². The number of carbonyl (C=O) groups excluding carboxylic acids is 2. The van der Waals surface area contributed by atoms with Crippen LogP contribution in [0.25, 0.3) is 22.3 Å². The van der Waals surface area contributed by atoms with Crippen molar-refractivity contribution >= 4 is 23.7 Å². The van der Waals surface area contributed by atoms with Crippen LogP contribution in [0.3, 0.4) is 0 Å². The van der Waals surface area contributed by atoms with E-state index in [9.17, 15) is 19.8 Å². The molecule has 0 aliphatic carbocycles. The third-order valence-corrected chi connectivity index (χ3v) is 7.01. The number of alkyl halides is 1. The van der Waals surface area contributed by atoms with E-state index in [2.05, 4.69) is 0 Å². The smallest absolute Gasteiger partial charge is 0.177 e. The van der Waals surface area contributed by atoms with Crippen LogP contribution < -0.4 is 5.73 Å². The number of aldehydes is 1. The lowest BCUT2D eigenvalue weighted by molar-refractivity contribution is -0.107. The van der Waals surface area contributed by atoms with Gasteiger partial charge in [-0.05, 0) is 66.4 Å². The number of aliphatic hydroxyl groups excluding tert-OH is 2. The van der Waals surface area contributed by atoms with E-state index in [4.69, 9.17) is 37.8 Å². The summed E-state index contributed by atoms with van der Waals surface area (Å²) in [6.45, 7) is 1.68. The van der Waals surface area contributed by atoms with E-state index >= 15 is 0 Å². The first-order chi connectivity index (χ1) is 23.7. The van der Waals surface area contributed by atoms with Crippen LogP contribution in [-0.4, -0.2) is 72.9 Å². The van der Waals surface area contributed by atoms with Gasteiger partial charge in [0.1, 0.15) is 6.29 Å². The highest BCUT2D eigenvalue weighted by Crippen LogP contribution is 2.37. The SMILES string of the molecule is NCCCO.O=C(CCl)c1ccc(O)c(O)c1.O=CCc1ccccc1.OCCCn1cc(-c2ccccc2)c(-c2ccc(O)c(O)c2)c1. The number of rotatable bonds is 11. The van der Waals surface area contributed by atoms with Crippen molar-refractivity contribution in [2.24, 2.45) is 5.73 Å². The zero-order valence-corrected chi connectivity index (χ0v) is 27.8. The third-order valence-electron chi connectivity index (χ3n) is 6.77. The van der Waals surface area contributed by atoms with Gasteiger partial charge in [0.2, 0.25) is 0 Å². The summed E-state index contributed by atoms with van der Waals surface area (Å²) >= 11 is 5.28. The Labute approximate surface area is 290 Å². The number of aliphatic hydroxyl groups is 2. The largest absolute Gasteiger partial charge is 0.504 e. The van der Waals surface area contributed by atoms with Crippen LogP contribution in [0, 0.1) is 0 Å². The number of nitrogens with zero attached hydrogens (tertiary/aromatic N) is 1. The Morgan fingerprint density at radius 1 is 0.694 bits per heavy atom. The predicted octanol–water partition coefficient (Wildman–Crippen LogP) is 5.89. The molecule has 0 unspecified atom stereocenters. The van der Waals surface area contributed by atoms with E-state index in [-0.39, 0.29) is 47.9 Å². The molecule has 1 aromatic heterocycles. The number of Topliss-reactive ketones (excluding diaryl/α,β-unsaturated/α-hetero) is 1. The fraction of sp³-hybridized carbons (Fsp3) is 0.211. The number of phenols is 4. The second-order valence-corrected chi connectivity index (χ2v) is 10.7. The fourth-order valence-electron chi connectivity index (χ4n) is 4.23. The number of nitrogens with two attached hydrogens (primary N) is 1. The van der Waals surface area contributed by atoms with Gasteiger partial charge >= 0.3 is 0 Å². The average molecular weight is 691 g/mol. The summed E-state index contributed by atoms with van der Waals surface area (Å²) in [6.07, 6.45) is 6.90. The Balaban J connectivity index is 0.000000267. The van der Waals surface area contributed by atoms with Gasteiger partial charge in [-0.25, -0.2) is 0 Å². The molecular formula is C38H43ClN2O8. The molecule has 0 aliphatic rings. The quantitative estimate of drug-likeness (QED) is 0.0384. The van der Waals surface area contributed by atoms with Gasteiger partial charge < -0.3 is 45.7 Å². The molecule has 0 spiro atoms. The fourth-order valence-corrected chi connectivity index (χ4v) is 4.39. The number of phenolic OH excluding ortho intramolecular Hbond substituents is 4. The van der Waals surface area contributed by atoms with Crippen molar-refractivity contribution in [3.8, 4) is 45.3 Å². The van der Waals surface area contributed by atoms with Crippen molar-refractivity contribution in [2.75, 3.05) is 25.6 Å². The maximum atomic E-state index is 11.0. The minimum absolute atomic E-state index is 0.130. The molecule has 5 rings (SSSR count). The summed E-state index contributed by atoms with van der Waals surface area (Å²) in [7, 11) is 0. The highest BCUT2D eigenvalue weighted by Gasteiger charge is 2.13. The Hall–Kier alpha value is -5.13. The highest BCUT2D eigenvalue weighted by atomic mass is 35.5. The summed E-state index contributed by atoms with van der Waals surface area (Å²) < 4.78 is 2.04. The van der Waals surface area contributed by atoms with Crippen LogP contribution in [0.15, 0.2) is 109 Å². The average Bonchev–Trinajstić information content (AvgIpc) is 3.56. The van der Waals surface area contributed by atoms with Crippen molar-refractivity contribution in [2.45, 2.75) is 25.8 Å². The van der Waals surface area contributed by atoms with Crippen LogP contribution in [-0.2, 0) is 17.8 Å². The topological polar surface area (TPSA) is 186 Å². The van der Waals surface area contributed by atoms with Gasteiger partial charge in [0.15, 0.2) is 28.8 Å². The number of halogens is 1. The Morgan fingerprint density at radius 2 is 1.24 bits per heavy atom. The van der Waals surface area contributed by atoms with Gasteiger partial charge in [0.25, 0.3) is 0 Å². The number of ketones is 1. The molecule has 4 aromatic carbocycles. The van der Waals surface area contributed by atoms with Crippen molar-refractivity contribution < 1.29 is 40.2 Å². The highest BCUT2D eigenvalue weighted by molar-refractivity contribution is 6.30. The molecule has 5 aromatic rings. The maximum absolute atomic E-state index is 11.0. The molecule has 0 saturated heterocycles. The molecule has 49 heavy (non-hydrogen) atoms. The number of benzene rings is 4. The minimum Gasteiger partial charge on any atom is -0.504 e. The van der Waals surface area contributed by atoms with E-state index in [0.29, 0.717) is 24.9 Å². The Bertz CT molecular complexity index is 1690. The van der Waals surface area contributed by atoms with Crippen LogP contribution in [0.2, 0.25) is 0 Å². The molecule has 0 atom stereocenters. The van der Waals surface area contributed by atoms with Crippen molar-refractivity contribution in [1.82, 2.24) is 4.57 Å². The van der Waals surface area contributed by atoms with Crippen molar-refractivity contribution in [3.05, 3.63) is 121 Å². The number of aromatic hydroxyl groups is 4. The number of hydrogen-bond donors (Lipinski definition) is 7. The monoisotopic (exact) mass is 690 g/mol. The molecule has 10 nitrogen and oxygen atoms in total. The lowest BCUT2D eigenvalue weighted by atomic mass is 9.99. The second kappa shape index (κ2) is 22.4. The van der Waals surface area contributed by atoms with Crippen molar-refractivity contribution in [3.63, 3.8) is 0 Å². The zero-order chi connectivity index (χ0) is 36.0. The number of hydrogen-bond acceptors (Lipinski definition) is 9. The first kappa shape index (κ1) is 40.0. The Kier molecular flexibility index (Phi) is 18.3. The molecule has 8 N–H and O–H groups in total. The summed E-state index contributed by atoms with van der Waals surface area (Å²) in [4.78, 5) is 20.9. The minimum atomic E-state index is -0.314. The summed E-state index contributed by atoms with van der Waals surface area (Å²) in [5.41, 5.74) is 10.3. The zero-order valence-electron chi connectivity index (χ0n) is 27.0. The lowest BCUT2D eigenvalue weighted by Crippen LogP contribution is -1.99. The molecule has 11 heteroatoms. The van der Waals surface area contributed by atoms with Gasteiger partial charge in [0.05, 0.1) is 5.88 Å². The van der Waals surface area contributed by atoms with Crippen molar-refractivity contribution in [1.29, 1.82) is 0 Å². The molecule has 0 radical (unpaired) electrons. The van der Waals surface area contributed by atoms with E-state index < -0.39 is 0 Å². The first-order valence-corrected chi connectivity index (χ1v) is 16.0. The number of aromatic nitrogens is 1. The van der Waals surface area contributed by atoms with Crippen LogP contribution in [0.1, 0.15) is 28.8 Å². The standard InChI is InChI=1S/C19H19NO3.C8H7ClO3.C8H8O.C3H9NO/c21-10-4-9-20-12-16(14-5-2-1-3-6-14)17(13-20)15-7-8-18(22)19(23)11-15;9-4-8(12)5-1-2-6(10)7(11)3-5;9-7-6-8-4-2-1-3-5-8;4-2-1-3-5/h1-3,5-8,11-13,21-23H,4,9-10H2;1-3,10-11H,4H2;1-5,7H,6H2;5H,1-4H2. The summed E-state index contributed by atoms with van der Waals surface area (Å²) in [6, 6.07) is 28.4. The van der Waals surface area contributed by atoms with E-state index in [0.717, 1.165) is 47.1 Å². The summed E-state index contributed by atoms with van der Waals surface area (Å²) in [5.74, 6) is -1.25. The molecule has 0 bridgehead atoms. The molecule has 0 aliphatic heterocycles. The number of aryl methyl sites for hydroxylation is 1. The van der Waals surface area contributed by atoms with Gasteiger partial charge in [-0.3, -0.25) is 4.79 Å². The predicted molar refractivity (Wildman–Crippen MR) is 192 cm³/mol. The van der Waals surface area contributed by atoms with E-state index in [1.807, 2.05) is 77.6 Å². The second-order valence-electron chi connectivity index (χ2n) is 10.5. The summed E-state index contributed by atoms with van der Waals surface area (Å²) in [5, 5.41) is 54.2. The van der Waals surface area contributed by atoms with Gasteiger partial charge in [0, 0.05) is 55.3 Å².